The molecule has 0 bridgehead atoms. The van der Waals surface area contributed by atoms with Gasteiger partial charge in [0.15, 0.2) is 11.5 Å². The molecule has 1 atom stereocenters. The molecule has 5 heterocycles. The molecule has 7 heteroatoms. The van der Waals surface area contributed by atoms with E-state index in [4.69, 9.17) is 4.98 Å². The van der Waals surface area contributed by atoms with E-state index >= 15 is 0 Å². The molecule has 1 saturated heterocycles. The number of hydrogen-bond donors (Lipinski definition) is 0. The van der Waals surface area contributed by atoms with Crippen molar-refractivity contribution in [2.75, 3.05) is 6.54 Å². The molecule has 0 aromatic carbocycles. The van der Waals surface area contributed by atoms with E-state index < -0.39 is 0 Å². The number of carbonyl (C=O) groups excluding carboxylic acids is 1. The van der Waals surface area contributed by atoms with Crippen molar-refractivity contribution in [1.82, 2.24) is 29.0 Å². The van der Waals surface area contributed by atoms with E-state index in [9.17, 15) is 4.79 Å². The number of aromatic nitrogens is 5. The monoisotopic (exact) mass is 402 g/mol. The summed E-state index contributed by atoms with van der Waals surface area (Å²) in [5.74, 6) is 0.879. The van der Waals surface area contributed by atoms with E-state index in [1.54, 1.807) is 6.20 Å². The van der Waals surface area contributed by atoms with Crippen LogP contribution in [0.3, 0.4) is 0 Å². The standard InChI is InChI=1S/C23H26N6O/c1-4-28-19(13-16-9-7-10-24-20(16)28)22-26-18-12-17(14-25-21(18)27(22)3)23(30)29-11-6-5-8-15(29)2/h7,9-10,12-15H,4-6,8,11H2,1-3H3/t15-/m1/s1. The van der Waals surface area contributed by atoms with E-state index in [1.807, 2.05) is 34.8 Å². The Balaban J connectivity index is 1.59. The molecule has 1 amide bonds. The minimum Gasteiger partial charge on any atom is -0.336 e. The van der Waals surface area contributed by atoms with Gasteiger partial charge in [-0.15, -0.1) is 0 Å². The quantitative estimate of drug-likeness (QED) is 0.519. The summed E-state index contributed by atoms with van der Waals surface area (Å²) in [6.45, 7) is 5.84. The van der Waals surface area contributed by atoms with Crippen LogP contribution in [0.15, 0.2) is 36.7 Å². The van der Waals surface area contributed by atoms with Gasteiger partial charge < -0.3 is 14.0 Å². The highest BCUT2D eigenvalue weighted by Crippen LogP contribution is 2.29. The molecule has 0 unspecified atom stereocenters. The molecule has 0 spiro atoms. The molecule has 4 aromatic heterocycles. The maximum atomic E-state index is 13.1. The highest BCUT2D eigenvalue weighted by molar-refractivity contribution is 5.97. The summed E-state index contributed by atoms with van der Waals surface area (Å²) in [6.07, 6.45) is 6.81. The molecule has 154 valence electrons. The fourth-order valence-electron chi connectivity index (χ4n) is 4.58. The van der Waals surface area contributed by atoms with Crippen LogP contribution in [0.25, 0.3) is 33.7 Å². The predicted octanol–water partition coefficient (Wildman–Crippen LogP) is 4.02. The Morgan fingerprint density at radius 3 is 2.87 bits per heavy atom. The molecule has 0 radical (unpaired) electrons. The van der Waals surface area contributed by atoms with Crippen molar-refractivity contribution in [1.29, 1.82) is 0 Å². The Morgan fingerprint density at radius 2 is 2.07 bits per heavy atom. The summed E-state index contributed by atoms with van der Waals surface area (Å²) in [4.78, 5) is 29.1. The van der Waals surface area contributed by atoms with Crippen LogP contribution in [0.5, 0.6) is 0 Å². The first-order valence-electron chi connectivity index (χ1n) is 10.7. The average molecular weight is 403 g/mol. The number of fused-ring (bicyclic) bond motifs is 2. The third kappa shape index (κ3) is 2.88. The summed E-state index contributed by atoms with van der Waals surface area (Å²) in [5.41, 5.74) is 4.07. The van der Waals surface area contributed by atoms with Crippen LogP contribution in [-0.2, 0) is 13.6 Å². The Kier molecular flexibility index (Phi) is 4.53. The Bertz CT molecular complexity index is 1250. The Hall–Kier alpha value is -3.22. The minimum absolute atomic E-state index is 0.0516. The average Bonchev–Trinajstić information content (AvgIpc) is 3.30. The molecule has 1 aliphatic heterocycles. The van der Waals surface area contributed by atoms with Gasteiger partial charge >= 0.3 is 0 Å². The number of piperidine rings is 1. The van der Waals surface area contributed by atoms with Gasteiger partial charge in [-0.05, 0) is 57.4 Å². The van der Waals surface area contributed by atoms with E-state index in [0.29, 0.717) is 5.56 Å². The molecule has 1 fully saturated rings. The van der Waals surface area contributed by atoms with Crippen LogP contribution in [0, 0.1) is 0 Å². The maximum Gasteiger partial charge on any atom is 0.255 e. The first kappa shape index (κ1) is 18.8. The number of amides is 1. The van der Waals surface area contributed by atoms with Crippen molar-refractivity contribution in [3.8, 4) is 11.5 Å². The van der Waals surface area contributed by atoms with Gasteiger partial charge in [0.2, 0.25) is 0 Å². The van der Waals surface area contributed by atoms with E-state index in [2.05, 4.69) is 40.5 Å². The second kappa shape index (κ2) is 7.23. The molecular formula is C23H26N6O. The third-order valence-electron chi connectivity index (χ3n) is 6.22. The first-order valence-corrected chi connectivity index (χ1v) is 10.7. The molecular weight excluding hydrogens is 376 g/mol. The lowest BCUT2D eigenvalue weighted by molar-refractivity contribution is 0.0635. The number of pyridine rings is 2. The zero-order valence-corrected chi connectivity index (χ0v) is 17.7. The SMILES string of the molecule is CCn1c(-c2nc3cc(C(=O)N4CCCC[C@H]4C)cnc3n2C)cc2cccnc21. The second-order valence-electron chi connectivity index (χ2n) is 8.09. The van der Waals surface area contributed by atoms with Crippen LogP contribution in [-0.4, -0.2) is 47.5 Å². The number of carbonyl (C=O) groups is 1. The van der Waals surface area contributed by atoms with Gasteiger partial charge in [-0.1, -0.05) is 0 Å². The largest absolute Gasteiger partial charge is 0.336 e. The highest BCUT2D eigenvalue weighted by atomic mass is 16.2. The molecule has 0 saturated carbocycles. The van der Waals surface area contributed by atoms with E-state index in [0.717, 1.165) is 59.6 Å². The lowest BCUT2D eigenvalue weighted by Crippen LogP contribution is -2.42. The van der Waals surface area contributed by atoms with Crippen molar-refractivity contribution >= 4 is 28.1 Å². The molecule has 1 aliphatic rings. The van der Waals surface area contributed by atoms with Gasteiger partial charge in [-0.3, -0.25) is 4.79 Å². The van der Waals surface area contributed by atoms with E-state index in [1.165, 1.54) is 6.42 Å². The van der Waals surface area contributed by atoms with Gasteiger partial charge in [0.05, 0.1) is 11.3 Å². The van der Waals surface area contributed by atoms with Gasteiger partial charge in [0.25, 0.3) is 5.91 Å². The summed E-state index contributed by atoms with van der Waals surface area (Å²) in [5, 5.41) is 1.09. The number of rotatable bonds is 3. The molecule has 30 heavy (non-hydrogen) atoms. The van der Waals surface area contributed by atoms with Crippen molar-refractivity contribution in [2.24, 2.45) is 7.05 Å². The summed E-state index contributed by atoms with van der Waals surface area (Å²) >= 11 is 0. The molecule has 5 rings (SSSR count). The smallest absolute Gasteiger partial charge is 0.255 e. The van der Waals surface area contributed by atoms with Gasteiger partial charge in [-0.25, -0.2) is 15.0 Å². The van der Waals surface area contributed by atoms with Crippen molar-refractivity contribution in [3.63, 3.8) is 0 Å². The maximum absolute atomic E-state index is 13.1. The molecule has 0 aliphatic carbocycles. The zero-order chi connectivity index (χ0) is 20.8. The van der Waals surface area contributed by atoms with Crippen LogP contribution >= 0.6 is 0 Å². The van der Waals surface area contributed by atoms with Crippen molar-refractivity contribution in [2.45, 2.75) is 45.7 Å². The van der Waals surface area contributed by atoms with Crippen molar-refractivity contribution < 1.29 is 4.79 Å². The second-order valence-corrected chi connectivity index (χ2v) is 8.09. The van der Waals surface area contributed by atoms with Crippen LogP contribution in [0.4, 0.5) is 0 Å². The van der Waals surface area contributed by atoms with E-state index in [-0.39, 0.29) is 11.9 Å². The first-order chi connectivity index (χ1) is 14.6. The molecule has 4 aromatic rings. The fraction of sp³-hybridized carbons (Fsp3) is 0.391. The van der Waals surface area contributed by atoms with Gasteiger partial charge in [-0.2, -0.15) is 0 Å². The normalized spacial score (nSPS) is 17.2. The fourth-order valence-corrected chi connectivity index (χ4v) is 4.58. The Labute approximate surface area is 175 Å². The third-order valence-corrected chi connectivity index (χ3v) is 6.22. The minimum atomic E-state index is 0.0516. The Morgan fingerprint density at radius 1 is 1.20 bits per heavy atom. The zero-order valence-electron chi connectivity index (χ0n) is 17.7. The van der Waals surface area contributed by atoms with Crippen LogP contribution < -0.4 is 0 Å². The van der Waals surface area contributed by atoms with Crippen LogP contribution in [0.1, 0.15) is 43.5 Å². The highest BCUT2D eigenvalue weighted by Gasteiger charge is 2.25. The molecule has 7 nitrogen and oxygen atoms in total. The predicted molar refractivity (Wildman–Crippen MR) is 117 cm³/mol. The summed E-state index contributed by atoms with van der Waals surface area (Å²) in [6, 6.07) is 8.28. The number of aryl methyl sites for hydroxylation is 2. The summed E-state index contributed by atoms with van der Waals surface area (Å²) in [7, 11) is 1.97. The number of nitrogens with zero attached hydrogens (tertiary/aromatic N) is 6. The van der Waals surface area contributed by atoms with Gasteiger partial charge in [0.1, 0.15) is 11.2 Å². The lowest BCUT2D eigenvalue weighted by atomic mass is 10.0. The van der Waals surface area contributed by atoms with Crippen LogP contribution in [0.2, 0.25) is 0 Å². The lowest BCUT2D eigenvalue weighted by Gasteiger charge is -2.33. The topological polar surface area (TPSA) is 68.8 Å². The number of likely N-dealkylation sites (tertiary alicyclic amines) is 1. The number of hydrogen-bond acceptors (Lipinski definition) is 4. The summed E-state index contributed by atoms with van der Waals surface area (Å²) < 4.78 is 4.16. The molecule has 0 N–H and O–H groups in total. The number of imidazole rings is 1. The van der Waals surface area contributed by atoms with Gasteiger partial charge in [0, 0.05) is 44.0 Å². The van der Waals surface area contributed by atoms with Crippen molar-refractivity contribution in [3.05, 3.63) is 42.2 Å².